The summed E-state index contributed by atoms with van der Waals surface area (Å²) in [6.07, 6.45) is 5.32. The van der Waals surface area contributed by atoms with Crippen molar-refractivity contribution in [3.8, 4) is 0 Å². The van der Waals surface area contributed by atoms with E-state index < -0.39 is 6.04 Å². The Bertz CT molecular complexity index is 1090. The second-order valence-corrected chi connectivity index (χ2v) is 7.81. The van der Waals surface area contributed by atoms with Crippen LogP contribution in [0.2, 0.25) is 0 Å². The van der Waals surface area contributed by atoms with Gasteiger partial charge < -0.3 is 16.2 Å². The SMILES string of the molecule is CCOC(=O)C(C)n1cc2c(N)nc3cc(C(C=CN)=NPI)ccc3c2n1. The number of carbonyl (C=O) groups excluding carboxylic acids is 1. The minimum Gasteiger partial charge on any atom is -0.464 e. The number of allylic oxidation sites excluding steroid dienone is 1. The van der Waals surface area contributed by atoms with E-state index in [0.717, 1.165) is 16.7 Å². The van der Waals surface area contributed by atoms with Gasteiger partial charge in [0.1, 0.15) is 17.4 Å². The van der Waals surface area contributed by atoms with Crippen molar-refractivity contribution in [3.63, 3.8) is 0 Å². The average molecular weight is 510 g/mol. The van der Waals surface area contributed by atoms with Gasteiger partial charge in [0.2, 0.25) is 0 Å². The Labute approximate surface area is 176 Å². The van der Waals surface area contributed by atoms with E-state index in [2.05, 4.69) is 36.9 Å². The Morgan fingerprint density at radius 2 is 2.25 bits per heavy atom. The number of ether oxygens (including phenoxy) is 1. The summed E-state index contributed by atoms with van der Waals surface area (Å²) in [7, 11) is 0. The van der Waals surface area contributed by atoms with Gasteiger partial charge in [-0.2, -0.15) is 5.10 Å². The first-order valence-electron chi connectivity index (χ1n) is 8.56. The van der Waals surface area contributed by atoms with Gasteiger partial charge in [0.15, 0.2) is 0 Å². The maximum atomic E-state index is 12.1. The van der Waals surface area contributed by atoms with Crippen molar-refractivity contribution in [1.29, 1.82) is 0 Å². The molecule has 0 saturated carbocycles. The molecule has 2 unspecified atom stereocenters. The highest BCUT2D eigenvalue weighted by Crippen LogP contribution is 2.30. The molecular formula is C18H20IN6O2P. The third kappa shape index (κ3) is 3.95. The van der Waals surface area contributed by atoms with Crippen LogP contribution in [0.4, 0.5) is 5.82 Å². The van der Waals surface area contributed by atoms with E-state index >= 15 is 0 Å². The fourth-order valence-electron chi connectivity index (χ4n) is 2.86. The number of anilines is 1. The number of nitrogen functional groups attached to an aromatic ring is 1. The van der Waals surface area contributed by atoms with Gasteiger partial charge in [-0.1, -0.05) is 6.07 Å². The lowest BCUT2D eigenvalue weighted by molar-refractivity contribution is -0.146. The molecule has 0 aliphatic carbocycles. The molecule has 4 N–H and O–H groups in total. The second kappa shape index (κ2) is 8.83. The van der Waals surface area contributed by atoms with Crippen molar-refractivity contribution >= 4 is 67.7 Å². The summed E-state index contributed by atoms with van der Waals surface area (Å²) in [4.78, 5) is 16.6. The van der Waals surface area contributed by atoms with Gasteiger partial charge in [0.25, 0.3) is 0 Å². The second-order valence-electron chi connectivity index (χ2n) is 5.97. The standard InChI is InChI=1S/C18H20IN6O2P/c1-3-27-18(26)10(2)25-9-13-16(23-25)12-5-4-11(8-15(12)22-17(13)21)14(6-7-20)24-28-19/h4-10,28H,3,20H2,1-2H3,(H2,21,22). The number of esters is 1. The molecule has 3 rings (SSSR count). The molecule has 10 heteroatoms. The van der Waals surface area contributed by atoms with E-state index in [1.54, 1.807) is 30.8 Å². The quantitative estimate of drug-likeness (QED) is 0.227. The number of nitrogens with two attached hydrogens (primary N) is 2. The Kier molecular flexibility index (Phi) is 6.46. The van der Waals surface area contributed by atoms with E-state index in [1.807, 2.05) is 18.2 Å². The van der Waals surface area contributed by atoms with Gasteiger partial charge in [0, 0.05) is 17.1 Å². The molecule has 3 aromatic rings. The van der Waals surface area contributed by atoms with Crippen molar-refractivity contribution in [1.82, 2.24) is 14.8 Å². The molecule has 1 aromatic carbocycles. The van der Waals surface area contributed by atoms with Crippen LogP contribution in [0.15, 0.2) is 41.4 Å². The van der Waals surface area contributed by atoms with Gasteiger partial charge >= 0.3 is 5.97 Å². The first-order chi connectivity index (χ1) is 13.5. The van der Waals surface area contributed by atoms with Gasteiger partial charge in [-0.3, -0.25) is 9.44 Å². The number of benzene rings is 1. The molecule has 0 aliphatic heterocycles. The maximum Gasteiger partial charge on any atom is 0.330 e. The smallest absolute Gasteiger partial charge is 0.330 e. The molecule has 8 nitrogen and oxygen atoms in total. The predicted molar refractivity (Wildman–Crippen MR) is 123 cm³/mol. The van der Waals surface area contributed by atoms with Crippen LogP contribution in [-0.2, 0) is 9.53 Å². The lowest BCUT2D eigenvalue weighted by Crippen LogP contribution is -2.19. The molecule has 0 fully saturated rings. The van der Waals surface area contributed by atoms with Crippen LogP contribution in [0.5, 0.6) is 0 Å². The molecule has 0 radical (unpaired) electrons. The van der Waals surface area contributed by atoms with Crippen molar-refractivity contribution in [3.05, 3.63) is 42.2 Å². The predicted octanol–water partition coefficient (Wildman–Crippen LogP) is 3.50. The highest BCUT2D eigenvalue weighted by atomic mass is 127. The lowest BCUT2D eigenvalue weighted by atomic mass is 10.1. The molecule has 0 saturated heterocycles. The summed E-state index contributed by atoms with van der Waals surface area (Å²) < 4.78 is 11.1. The number of carbonyl (C=O) groups is 1. The molecule has 2 atom stereocenters. The summed E-state index contributed by atoms with van der Waals surface area (Å²) in [5.74, 6) is 0.00747. The van der Waals surface area contributed by atoms with E-state index in [4.69, 9.17) is 16.2 Å². The van der Waals surface area contributed by atoms with E-state index in [1.165, 1.54) is 6.20 Å². The summed E-state index contributed by atoms with van der Waals surface area (Å²) in [5.41, 5.74) is 14.8. The van der Waals surface area contributed by atoms with Crippen LogP contribution < -0.4 is 11.5 Å². The maximum absolute atomic E-state index is 12.1. The van der Waals surface area contributed by atoms with Crippen LogP contribution in [0.1, 0.15) is 25.5 Å². The van der Waals surface area contributed by atoms with Gasteiger partial charge in [-0.05, 0) is 60.3 Å². The normalized spacial score (nSPS) is 13.9. The van der Waals surface area contributed by atoms with Crippen LogP contribution in [0, 0.1) is 0 Å². The Morgan fingerprint density at radius 1 is 1.46 bits per heavy atom. The van der Waals surface area contributed by atoms with Crippen LogP contribution in [0.3, 0.4) is 0 Å². The number of pyridine rings is 1. The summed E-state index contributed by atoms with van der Waals surface area (Å²) >= 11 is 2.20. The van der Waals surface area contributed by atoms with E-state index in [-0.39, 0.29) is 5.97 Å². The number of halogens is 1. The van der Waals surface area contributed by atoms with Crippen LogP contribution in [-0.4, -0.2) is 33.1 Å². The van der Waals surface area contributed by atoms with Crippen LogP contribution >= 0.6 is 28.4 Å². The zero-order valence-electron chi connectivity index (χ0n) is 15.4. The number of hydrogen-bond acceptors (Lipinski definition) is 7. The zero-order chi connectivity index (χ0) is 20.3. The first-order valence-corrected chi connectivity index (χ1v) is 12.6. The fourth-order valence-corrected chi connectivity index (χ4v) is 3.93. The summed E-state index contributed by atoms with van der Waals surface area (Å²) in [6.45, 7) is 3.83. The topological polar surface area (TPSA) is 121 Å². The van der Waals surface area contributed by atoms with Gasteiger partial charge in [0.05, 0.1) is 29.6 Å². The minimum absolute atomic E-state index is 0.318. The molecular weight excluding hydrogens is 490 g/mol. The van der Waals surface area contributed by atoms with Crippen molar-refractivity contribution in [2.45, 2.75) is 19.9 Å². The summed E-state index contributed by atoms with van der Waals surface area (Å²) in [5, 5.41) is 6.12. The molecule has 146 valence electrons. The van der Waals surface area contributed by atoms with Gasteiger partial charge in [-0.25, -0.2) is 9.78 Å². The molecule has 0 aliphatic rings. The number of aromatic nitrogens is 3. The molecule has 28 heavy (non-hydrogen) atoms. The zero-order valence-corrected chi connectivity index (χ0v) is 18.5. The molecule has 0 spiro atoms. The number of hydrogen-bond donors (Lipinski definition) is 2. The fraction of sp³-hybridized carbons (Fsp3) is 0.222. The summed E-state index contributed by atoms with van der Waals surface area (Å²) in [6, 6.07) is 5.23. The third-order valence-electron chi connectivity index (χ3n) is 4.24. The largest absolute Gasteiger partial charge is 0.464 e. The van der Waals surface area contributed by atoms with E-state index in [9.17, 15) is 4.79 Å². The number of rotatable bonds is 6. The molecule has 2 heterocycles. The first kappa shape index (κ1) is 20.5. The number of fused-ring (bicyclic) bond motifs is 3. The Morgan fingerprint density at radius 3 is 2.93 bits per heavy atom. The monoisotopic (exact) mass is 510 g/mol. The lowest BCUT2D eigenvalue weighted by Gasteiger charge is -2.10. The number of nitrogens with zero attached hydrogens (tertiary/aromatic N) is 4. The Balaban J connectivity index is 2.14. The highest BCUT2D eigenvalue weighted by Gasteiger charge is 2.20. The van der Waals surface area contributed by atoms with Crippen molar-refractivity contribution in [2.24, 2.45) is 10.5 Å². The average Bonchev–Trinajstić information content (AvgIpc) is 3.13. The highest BCUT2D eigenvalue weighted by molar-refractivity contribution is 14.2. The van der Waals surface area contributed by atoms with Gasteiger partial charge in [-0.15, -0.1) is 0 Å². The molecule has 0 amide bonds. The van der Waals surface area contributed by atoms with Crippen molar-refractivity contribution < 1.29 is 9.53 Å². The Hall–Kier alpha value is -2.26. The van der Waals surface area contributed by atoms with Crippen LogP contribution in [0.25, 0.3) is 21.8 Å². The van der Waals surface area contributed by atoms with E-state index in [0.29, 0.717) is 35.2 Å². The molecule has 0 bridgehead atoms. The van der Waals surface area contributed by atoms with Crippen molar-refractivity contribution in [2.75, 3.05) is 12.3 Å². The minimum atomic E-state index is -0.556. The molecule has 2 aromatic heterocycles. The third-order valence-corrected chi connectivity index (χ3v) is 5.29.